The Morgan fingerprint density at radius 3 is 2.15 bits per heavy atom. The van der Waals surface area contributed by atoms with Crippen LogP contribution >= 0.6 is 0 Å². The minimum Gasteiger partial charge on any atom is -0.444 e. The van der Waals surface area contributed by atoms with Gasteiger partial charge in [-0.1, -0.05) is 18.2 Å². The van der Waals surface area contributed by atoms with Gasteiger partial charge in [-0.15, -0.1) is 0 Å². The molecule has 27 heavy (non-hydrogen) atoms. The molecule has 0 saturated heterocycles. The van der Waals surface area contributed by atoms with Crippen molar-refractivity contribution in [1.29, 1.82) is 0 Å². The van der Waals surface area contributed by atoms with Crippen LogP contribution in [-0.4, -0.2) is 37.6 Å². The van der Waals surface area contributed by atoms with Crippen molar-refractivity contribution in [3.05, 3.63) is 30.3 Å². The molecule has 0 heterocycles. The van der Waals surface area contributed by atoms with Gasteiger partial charge in [-0.3, -0.25) is 10.1 Å². The molecule has 1 fully saturated rings. The number of alkyl carbamates (subject to hydrolysis) is 1. The van der Waals surface area contributed by atoms with Crippen molar-refractivity contribution in [3.63, 3.8) is 0 Å². The summed E-state index contributed by atoms with van der Waals surface area (Å²) >= 11 is 0. The molecule has 1 saturated carbocycles. The lowest BCUT2D eigenvalue weighted by Gasteiger charge is -2.40. The van der Waals surface area contributed by atoms with E-state index in [1.165, 1.54) is 24.3 Å². The first-order chi connectivity index (χ1) is 12.4. The van der Waals surface area contributed by atoms with Gasteiger partial charge in [-0.2, -0.15) is 0 Å². The zero-order valence-electron chi connectivity index (χ0n) is 15.4. The van der Waals surface area contributed by atoms with Crippen molar-refractivity contribution < 1.29 is 27.5 Å². The number of imide groups is 1. The van der Waals surface area contributed by atoms with Crippen molar-refractivity contribution in [2.75, 3.05) is 0 Å². The fourth-order valence-electron chi connectivity index (χ4n) is 2.47. The lowest BCUT2D eigenvalue weighted by molar-refractivity contribution is -0.129. The van der Waals surface area contributed by atoms with E-state index >= 15 is 0 Å². The molecule has 0 atom stereocenters. The van der Waals surface area contributed by atoms with Gasteiger partial charge < -0.3 is 10.1 Å². The van der Waals surface area contributed by atoms with Crippen LogP contribution < -0.4 is 15.4 Å². The molecule has 0 spiro atoms. The molecule has 10 heteroatoms. The van der Waals surface area contributed by atoms with Gasteiger partial charge in [0.2, 0.25) is 0 Å². The van der Waals surface area contributed by atoms with Gasteiger partial charge in [0.05, 0.1) is 4.90 Å². The van der Waals surface area contributed by atoms with Crippen molar-refractivity contribution >= 4 is 28.1 Å². The SMILES string of the molecule is CC(C)(C)OC(=O)NC1(C(=O)NC(=O)NS(=O)(=O)c2ccccc2)CCC1. The van der Waals surface area contributed by atoms with Gasteiger partial charge in [-0.05, 0) is 52.2 Å². The molecule has 148 valence electrons. The second kappa shape index (κ2) is 7.55. The number of sulfonamides is 1. The molecule has 1 aliphatic carbocycles. The summed E-state index contributed by atoms with van der Waals surface area (Å²) in [6, 6.07) is 6.08. The predicted octanol–water partition coefficient (Wildman–Crippen LogP) is 1.65. The smallest absolute Gasteiger partial charge is 0.408 e. The van der Waals surface area contributed by atoms with E-state index in [-0.39, 0.29) is 4.90 Å². The molecule has 2 rings (SSSR count). The molecule has 3 N–H and O–H groups in total. The Morgan fingerprint density at radius 2 is 1.67 bits per heavy atom. The molecule has 1 aliphatic rings. The average Bonchev–Trinajstić information content (AvgIpc) is 2.49. The highest BCUT2D eigenvalue weighted by atomic mass is 32.2. The van der Waals surface area contributed by atoms with Crippen LogP contribution in [0.1, 0.15) is 40.0 Å². The normalized spacial score (nSPS) is 15.8. The van der Waals surface area contributed by atoms with Crippen LogP contribution in [-0.2, 0) is 19.6 Å². The van der Waals surface area contributed by atoms with Crippen LogP contribution in [0.5, 0.6) is 0 Å². The zero-order chi connectivity index (χ0) is 20.3. The van der Waals surface area contributed by atoms with Crippen molar-refractivity contribution in [2.24, 2.45) is 0 Å². The minimum absolute atomic E-state index is 0.113. The lowest BCUT2D eigenvalue weighted by Crippen LogP contribution is -2.64. The molecule has 0 radical (unpaired) electrons. The summed E-state index contributed by atoms with van der Waals surface area (Å²) in [7, 11) is -4.11. The van der Waals surface area contributed by atoms with E-state index in [0.29, 0.717) is 19.3 Å². The maximum atomic E-state index is 12.4. The van der Waals surface area contributed by atoms with Gasteiger partial charge in [-0.25, -0.2) is 22.7 Å². The van der Waals surface area contributed by atoms with E-state index in [4.69, 9.17) is 4.74 Å². The monoisotopic (exact) mass is 397 g/mol. The van der Waals surface area contributed by atoms with Crippen LogP contribution in [0.25, 0.3) is 0 Å². The van der Waals surface area contributed by atoms with Gasteiger partial charge in [0, 0.05) is 0 Å². The number of nitrogens with one attached hydrogen (secondary N) is 3. The molecule has 1 aromatic carbocycles. The third-order valence-electron chi connectivity index (χ3n) is 3.89. The summed E-state index contributed by atoms with van der Waals surface area (Å²) in [4.78, 5) is 36.3. The summed E-state index contributed by atoms with van der Waals surface area (Å²) in [5.74, 6) is -0.791. The number of carbonyl (C=O) groups excluding carboxylic acids is 3. The maximum Gasteiger partial charge on any atom is 0.408 e. The molecule has 1 aromatic rings. The first kappa shape index (κ1) is 20.7. The Balaban J connectivity index is 2.00. The van der Waals surface area contributed by atoms with Crippen LogP contribution in [0.4, 0.5) is 9.59 Å². The number of ether oxygens (including phenoxy) is 1. The Morgan fingerprint density at radius 1 is 1.07 bits per heavy atom. The Kier molecular flexibility index (Phi) is 5.79. The quantitative estimate of drug-likeness (QED) is 0.708. The number of hydrogen-bond acceptors (Lipinski definition) is 6. The van der Waals surface area contributed by atoms with Gasteiger partial charge in [0.25, 0.3) is 15.9 Å². The maximum absolute atomic E-state index is 12.4. The highest BCUT2D eigenvalue weighted by Crippen LogP contribution is 2.32. The summed E-state index contributed by atoms with van der Waals surface area (Å²) in [5, 5.41) is 4.46. The number of benzene rings is 1. The number of rotatable bonds is 4. The Hall–Kier alpha value is -2.62. The average molecular weight is 397 g/mol. The summed E-state index contributed by atoms with van der Waals surface area (Å²) in [5.41, 5.74) is -2.04. The molecule has 0 aromatic heterocycles. The highest BCUT2D eigenvalue weighted by Gasteiger charge is 2.47. The lowest BCUT2D eigenvalue weighted by atomic mass is 9.76. The molecule has 0 unspecified atom stereocenters. The highest BCUT2D eigenvalue weighted by molar-refractivity contribution is 7.90. The number of carbonyl (C=O) groups is 3. The summed E-state index contributed by atoms with van der Waals surface area (Å²) < 4.78 is 31.1. The van der Waals surface area contributed by atoms with E-state index in [0.717, 1.165) is 0 Å². The van der Waals surface area contributed by atoms with E-state index in [9.17, 15) is 22.8 Å². The van der Waals surface area contributed by atoms with Gasteiger partial charge in [0.1, 0.15) is 11.1 Å². The fourth-order valence-corrected chi connectivity index (χ4v) is 3.40. The molecular weight excluding hydrogens is 374 g/mol. The van der Waals surface area contributed by atoms with E-state index in [1.807, 2.05) is 5.32 Å². The standard InChI is InChI=1S/C17H23N3O6S/c1-16(2,3)26-15(23)19-17(10-7-11-17)13(21)18-14(22)20-27(24,25)12-8-5-4-6-9-12/h4-6,8-9H,7,10-11H2,1-3H3,(H,19,23)(H2,18,20,21,22). The third-order valence-corrected chi connectivity index (χ3v) is 5.24. The van der Waals surface area contributed by atoms with Crippen molar-refractivity contribution in [1.82, 2.24) is 15.4 Å². The van der Waals surface area contributed by atoms with Crippen LogP contribution in [0.15, 0.2) is 35.2 Å². The second-order valence-electron chi connectivity index (χ2n) is 7.26. The van der Waals surface area contributed by atoms with Crippen molar-refractivity contribution in [2.45, 2.75) is 56.1 Å². The largest absolute Gasteiger partial charge is 0.444 e. The second-order valence-corrected chi connectivity index (χ2v) is 8.95. The fraction of sp³-hybridized carbons (Fsp3) is 0.471. The first-order valence-electron chi connectivity index (χ1n) is 8.38. The predicted molar refractivity (Wildman–Crippen MR) is 96.3 cm³/mol. The van der Waals surface area contributed by atoms with E-state index in [2.05, 4.69) is 5.32 Å². The molecule has 0 aliphatic heterocycles. The number of hydrogen-bond donors (Lipinski definition) is 3. The van der Waals surface area contributed by atoms with Gasteiger partial charge >= 0.3 is 12.1 Å². The Bertz CT molecular complexity index is 826. The topological polar surface area (TPSA) is 131 Å². The number of urea groups is 1. The zero-order valence-corrected chi connectivity index (χ0v) is 16.2. The van der Waals surface area contributed by atoms with E-state index in [1.54, 1.807) is 31.6 Å². The van der Waals surface area contributed by atoms with Crippen LogP contribution in [0.3, 0.4) is 0 Å². The Labute approximate surface area is 157 Å². The van der Waals surface area contributed by atoms with Crippen LogP contribution in [0, 0.1) is 0 Å². The molecule has 9 nitrogen and oxygen atoms in total. The number of amides is 4. The van der Waals surface area contributed by atoms with Crippen LogP contribution in [0.2, 0.25) is 0 Å². The van der Waals surface area contributed by atoms with E-state index < -0.39 is 39.2 Å². The first-order valence-corrected chi connectivity index (χ1v) is 9.86. The molecule has 0 bridgehead atoms. The molecular formula is C17H23N3O6S. The van der Waals surface area contributed by atoms with Gasteiger partial charge in [0.15, 0.2) is 0 Å². The minimum atomic E-state index is -4.11. The van der Waals surface area contributed by atoms with Crippen molar-refractivity contribution in [3.8, 4) is 0 Å². The third kappa shape index (κ3) is 5.43. The summed E-state index contributed by atoms with van der Waals surface area (Å²) in [6.07, 6.45) is 0.524. The summed E-state index contributed by atoms with van der Waals surface area (Å²) in [6.45, 7) is 5.05. The molecule has 4 amide bonds.